The van der Waals surface area contributed by atoms with E-state index >= 15 is 0 Å². The quantitative estimate of drug-likeness (QED) is 0.0398. The maximum atomic E-state index is 12.5. The molecule has 0 aliphatic rings. The van der Waals surface area contributed by atoms with Gasteiger partial charge in [0, 0.05) is 19.4 Å². The minimum Gasteiger partial charge on any atom is -0.466 e. The zero-order valence-corrected chi connectivity index (χ0v) is 36.9. The first kappa shape index (κ1) is 51.5. The first-order valence-electron chi connectivity index (χ1n) is 23.5. The number of hydrogen-bond acceptors (Lipinski definition) is 8. The van der Waals surface area contributed by atoms with Crippen LogP contribution in [0, 0.1) is 11.8 Å². The van der Waals surface area contributed by atoms with Gasteiger partial charge in [-0.25, -0.2) is 0 Å². The first-order valence-corrected chi connectivity index (χ1v) is 23.5. The molecular weight excluding hydrogens is 701 g/mol. The summed E-state index contributed by atoms with van der Waals surface area (Å²) in [6.45, 7) is 17.4. The van der Waals surface area contributed by atoms with Gasteiger partial charge in [0.25, 0.3) is 0 Å². The third kappa shape index (κ3) is 25.7. The van der Waals surface area contributed by atoms with Crippen molar-refractivity contribution in [2.24, 2.45) is 11.8 Å². The molecule has 1 rings (SSSR count). The Balaban J connectivity index is 2.35. The van der Waals surface area contributed by atoms with Crippen molar-refractivity contribution >= 4 is 23.7 Å². The van der Waals surface area contributed by atoms with Crippen molar-refractivity contribution in [3.8, 4) is 0 Å². The second kappa shape index (κ2) is 35.7. The summed E-state index contributed by atoms with van der Waals surface area (Å²) in [5, 5.41) is 3.16. The summed E-state index contributed by atoms with van der Waals surface area (Å²) in [7, 11) is 0. The average molecular weight is 787 g/mol. The number of anilines is 1. The van der Waals surface area contributed by atoms with Crippen LogP contribution in [0.15, 0.2) is 16.2 Å². The van der Waals surface area contributed by atoms with Gasteiger partial charge in [-0.1, -0.05) is 156 Å². The van der Waals surface area contributed by atoms with Crippen LogP contribution in [-0.4, -0.2) is 56.2 Å². The van der Waals surface area contributed by atoms with Gasteiger partial charge < -0.3 is 19.7 Å². The fourth-order valence-corrected chi connectivity index (χ4v) is 7.69. The average Bonchev–Trinajstić information content (AvgIpc) is 3.20. The summed E-state index contributed by atoms with van der Waals surface area (Å²) in [6, 6.07) is 0. The van der Waals surface area contributed by atoms with Gasteiger partial charge >= 0.3 is 11.9 Å². The number of ether oxygens (including phenoxy) is 2. The Morgan fingerprint density at radius 1 is 0.571 bits per heavy atom. The van der Waals surface area contributed by atoms with Crippen LogP contribution in [0.5, 0.6) is 0 Å². The molecule has 0 amide bonds. The minimum atomic E-state index is -0.448. The van der Waals surface area contributed by atoms with Gasteiger partial charge in [-0.05, 0) is 82.8 Å². The predicted octanol–water partition coefficient (Wildman–Crippen LogP) is 12.0. The Morgan fingerprint density at radius 3 is 1.59 bits per heavy atom. The van der Waals surface area contributed by atoms with Crippen LogP contribution in [0.1, 0.15) is 213 Å². The summed E-state index contributed by atoms with van der Waals surface area (Å²) in [6.07, 6.45) is 32.3. The van der Waals surface area contributed by atoms with Crippen LogP contribution >= 0.6 is 0 Å². The third-order valence-corrected chi connectivity index (χ3v) is 11.4. The van der Waals surface area contributed by atoms with Crippen molar-refractivity contribution in [3.63, 3.8) is 0 Å². The van der Waals surface area contributed by atoms with Gasteiger partial charge in [-0.3, -0.25) is 19.2 Å². The lowest BCUT2D eigenvalue weighted by molar-refractivity contribution is -0.145. The number of esters is 2. The molecular formula is C48H86N2O6. The first-order chi connectivity index (χ1) is 27.3. The van der Waals surface area contributed by atoms with E-state index in [4.69, 9.17) is 9.47 Å². The van der Waals surface area contributed by atoms with Crippen LogP contribution in [0.2, 0.25) is 0 Å². The molecule has 324 valence electrons. The van der Waals surface area contributed by atoms with E-state index in [0.717, 1.165) is 96.7 Å². The van der Waals surface area contributed by atoms with Gasteiger partial charge in [-0.2, -0.15) is 0 Å². The highest BCUT2D eigenvalue weighted by atomic mass is 16.5. The van der Waals surface area contributed by atoms with E-state index < -0.39 is 10.9 Å². The monoisotopic (exact) mass is 787 g/mol. The normalized spacial score (nSPS) is 11.6. The molecule has 8 heteroatoms. The number of unbranched alkanes of at least 4 members (excludes halogenated alkanes) is 14. The highest BCUT2D eigenvalue weighted by Crippen LogP contribution is 2.21. The standard InChI is InChI=1S/C48H86N2O6/c1-6-11-21-30-42(31-22-12-7-2)40-56-45(52)33-24-18-16-20-26-37-50(38-27-35-49-46-43(10-5)47(53)48(46)54)36-25-19-15-17-23-32-44(51)55-39-34-41(28-13-8-3)29-14-9-4/h10,41-42,49H,5-9,11-40H2,1-4H3. The molecule has 0 aromatic heterocycles. The molecule has 0 unspecified atom stereocenters. The van der Waals surface area contributed by atoms with Crippen molar-refractivity contribution in [1.82, 2.24) is 4.90 Å². The molecule has 8 nitrogen and oxygen atoms in total. The summed E-state index contributed by atoms with van der Waals surface area (Å²) in [5.41, 5.74) is -0.0752. The molecule has 0 heterocycles. The lowest BCUT2D eigenvalue weighted by Crippen LogP contribution is -2.37. The number of nitrogens with one attached hydrogen (secondary N) is 1. The lowest BCUT2D eigenvalue weighted by atomic mass is 9.93. The van der Waals surface area contributed by atoms with Crippen LogP contribution in [-0.2, 0) is 19.1 Å². The lowest BCUT2D eigenvalue weighted by Gasteiger charge is -2.23. The Morgan fingerprint density at radius 2 is 1.05 bits per heavy atom. The van der Waals surface area contributed by atoms with Crippen LogP contribution in [0.4, 0.5) is 5.69 Å². The van der Waals surface area contributed by atoms with Gasteiger partial charge in [0.15, 0.2) is 0 Å². The molecule has 0 saturated carbocycles. The van der Waals surface area contributed by atoms with Crippen molar-refractivity contribution in [1.29, 1.82) is 0 Å². The van der Waals surface area contributed by atoms with Gasteiger partial charge in [0.1, 0.15) is 0 Å². The van der Waals surface area contributed by atoms with Crippen LogP contribution < -0.4 is 16.2 Å². The zero-order chi connectivity index (χ0) is 41.1. The number of hydrogen-bond donors (Lipinski definition) is 1. The fourth-order valence-electron chi connectivity index (χ4n) is 7.69. The summed E-state index contributed by atoms with van der Waals surface area (Å²) < 4.78 is 11.3. The Bertz CT molecular complexity index is 1170. The van der Waals surface area contributed by atoms with Crippen molar-refractivity contribution in [2.75, 3.05) is 44.7 Å². The highest BCUT2D eigenvalue weighted by Gasteiger charge is 2.18. The predicted molar refractivity (Wildman–Crippen MR) is 237 cm³/mol. The maximum Gasteiger partial charge on any atom is 0.305 e. The van der Waals surface area contributed by atoms with E-state index in [-0.39, 0.29) is 11.9 Å². The van der Waals surface area contributed by atoms with Crippen molar-refractivity contribution in [2.45, 2.75) is 207 Å². The largest absolute Gasteiger partial charge is 0.466 e. The highest BCUT2D eigenvalue weighted by molar-refractivity contribution is 5.70. The molecule has 1 aromatic rings. The molecule has 0 saturated heterocycles. The Hall–Kier alpha value is -2.48. The van der Waals surface area contributed by atoms with Crippen LogP contribution in [0.25, 0.3) is 6.08 Å². The molecule has 0 bridgehead atoms. The van der Waals surface area contributed by atoms with Gasteiger partial charge in [0.05, 0.1) is 24.5 Å². The number of carbonyl (C=O) groups excluding carboxylic acids is 2. The number of rotatable bonds is 41. The summed E-state index contributed by atoms with van der Waals surface area (Å²) in [4.78, 5) is 51.0. The maximum absolute atomic E-state index is 12.5. The van der Waals surface area contributed by atoms with E-state index in [1.807, 2.05) is 0 Å². The smallest absolute Gasteiger partial charge is 0.305 e. The van der Waals surface area contributed by atoms with E-state index in [1.165, 1.54) is 96.0 Å². The molecule has 1 N–H and O–H groups in total. The SMILES string of the molecule is C=Cc1c(NCCCN(CCCCCCCC(=O)OCCC(CCCC)CCCC)CCCCCCCC(=O)OCC(CCCCC)CCCCC)c(=O)c1=O. The minimum absolute atomic E-state index is 0.0336. The molecule has 0 spiro atoms. The molecule has 0 aliphatic heterocycles. The molecule has 0 fully saturated rings. The number of nitrogens with zero attached hydrogens (tertiary/aromatic N) is 1. The Kier molecular flexibility index (Phi) is 32.8. The molecule has 1 aromatic carbocycles. The molecule has 0 aliphatic carbocycles. The van der Waals surface area contributed by atoms with E-state index in [1.54, 1.807) is 0 Å². The van der Waals surface area contributed by atoms with E-state index in [0.29, 0.717) is 55.7 Å². The second-order valence-corrected chi connectivity index (χ2v) is 16.5. The van der Waals surface area contributed by atoms with Gasteiger partial charge in [0.2, 0.25) is 10.9 Å². The zero-order valence-electron chi connectivity index (χ0n) is 36.9. The third-order valence-electron chi connectivity index (χ3n) is 11.4. The fraction of sp³-hybridized carbons (Fsp3) is 0.833. The van der Waals surface area contributed by atoms with E-state index in [2.05, 4.69) is 44.5 Å². The van der Waals surface area contributed by atoms with Crippen molar-refractivity contribution in [3.05, 3.63) is 32.6 Å². The molecule has 0 radical (unpaired) electrons. The topological polar surface area (TPSA) is 102 Å². The summed E-state index contributed by atoms with van der Waals surface area (Å²) in [5.74, 6) is 1.12. The molecule has 56 heavy (non-hydrogen) atoms. The van der Waals surface area contributed by atoms with Crippen LogP contribution in [0.3, 0.4) is 0 Å². The van der Waals surface area contributed by atoms with Crippen molar-refractivity contribution < 1.29 is 19.1 Å². The summed E-state index contributed by atoms with van der Waals surface area (Å²) >= 11 is 0. The number of carbonyl (C=O) groups is 2. The molecule has 0 atom stereocenters. The Labute approximate surface area is 343 Å². The second-order valence-electron chi connectivity index (χ2n) is 16.5. The van der Waals surface area contributed by atoms with E-state index in [9.17, 15) is 19.2 Å². The van der Waals surface area contributed by atoms with Gasteiger partial charge in [-0.15, -0.1) is 0 Å².